The molecule has 144 valence electrons. The van der Waals surface area contributed by atoms with Crippen LogP contribution >= 0.6 is 8.25 Å². The first kappa shape index (κ1) is 24.5. The highest BCUT2D eigenvalue weighted by molar-refractivity contribution is 7.30. The maximum absolute atomic E-state index is 8.70. The summed E-state index contributed by atoms with van der Waals surface area (Å²) in [6.45, 7) is 17.7. The summed E-state index contributed by atoms with van der Waals surface area (Å²) in [6.07, 6.45) is 0. The van der Waals surface area contributed by atoms with Crippen LogP contribution in [0.25, 0.3) is 0 Å². The molecule has 2 aromatic rings. The molecule has 0 aliphatic heterocycles. The number of aryl methyl sites for hydroxylation is 2. The molecule has 0 bridgehead atoms. The minimum absolute atomic E-state index is 0.284. The lowest BCUT2D eigenvalue weighted by atomic mass is 9.86. The summed E-state index contributed by atoms with van der Waals surface area (Å²) in [5.74, 6) is 0. The van der Waals surface area contributed by atoms with Crippen LogP contribution in [0.5, 0.6) is 0 Å². The molecule has 26 heavy (non-hydrogen) atoms. The molecular formula is C22H34O3P+. The van der Waals surface area contributed by atoms with Gasteiger partial charge in [-0.15, -0.1) is 9.79 Å². The molecule has 2 N–H and O–H groups in total. The van der Waals surface area contributed by atoms with E-state index in [1.807, 2.05) is 0 Å². The van der Waals surface area contributed by atoms with Gasteiger partial charge in [-0.2, -0.15) is 0 Å². The Labute approximate surface area is 160 Å². The van der Waals surface area contributed by atoms with Gasteiger partial charge in [-0.1, -0.05) is 101 Å². The van der Waals surface area contributed by atoms with E-state index >= 15 is 0 Å². The van der Waals surface area contributed by atoms with E-state index < -0.39 is 8.25 Å². The molecule has 0 amide bonds. The Hall–Kier alpha value is -1.54. The van der Waals surface area contributed by atoms with Crippen LogP contribution in [-0.2, 0) is 15.4 Å². The first-order chi connectivity index (χ1) is 11.7. The first-order valence-electron chi connectivity index (χ1n) is 8.73. The maximum Gasteiger partial charge on any atom is 0.692 e. The van der Waals surface area contributed by atoms with Crippen molar-refractivity contribution >= 4 is 8.25 Å². The average molecular weight is 377 g/mol. The van der Waals surface area contributed by atoms with E-state index in [9.17, 15) is 0 Å². The Kier molecular flexibility index (Phi) is 9.94. The predicted molar refractivity (Wildman–Crippen MR) is 112 cm³/mol. The van der Waals surface area contributed by atoms with Gasteiger partial charge in [-0.05, 0) is 35.8 Å². The largest absolute Gasteiger partial charge is 0.692 e. The zero-order valence-electron chi connectivity index (χ0n) is 17.4. The normalized spacial score (nSPS) is 10.8. The Bertz CT molecular complexity index is 636. The first-order valence-corrected chi connectivity index (χ1v) is 9.89. The van der Waals surface area contributed by atoms with E-state index in [1.165, 1.54) is 22.3 Å². The van der Waals surface area contributed by atoms with Gasteiger partial charge in [-0.25, -0.2) is 0 Å². The second kappa shape index (κ2) is 10.6. The fraction of sp³-hybridized carbons (Fsp3) is 0.455. The smallest absolute Gasteiger partial charge is 0.134 e. The van der Waals surface area contributed by atoms with Crippen LogP contribution < -0.4 is 0 Å². The highest BCUT2D eigenvalue weighted by atomic mass is 31.1. The van der Waals surface area contributed by atoms with Gasteiger partial charge in [0.05, 0.1) is 0 Å². The Morgan fingerprint density at radius 3 is 1.12 bits per heavy atom. The second-order valence-corrected chi connectivity index (χ2v) is 9.00. The molecule has 0 saturated heterocycles. The lowest BCUT2D eigenvalue weighted by Gasteiger charge is -2.19. The lowest BCUT2D eigenvalue weighted by molar-refractivity contribution is 0.405. The van der Waals surface area contributed by atoms with Crippen molar-refractivity contribution in [2.24, 2.45) is 0 Å². The van der Waals surface area contributed by atoms with Crippen LogP contribution in [0.4, 0.5) is 0 Å². The molecule has 3 nitrogen and oxygen atoms in total. The molecular weight excluding hydrogens is 343 g/mol. The fourth-order valence-corrected chi connectivity index (χ4v) is 2.22. The topological polar surface area (TPSA) is 57.5 Å². The number of hydrogen-bond acceptors (Lipinski definition) is 1. The van der Waals surface area contributed by atoms with E-state index in [4.69, 9.17) is 14.4 Å². The van der Waals surface area contributed by atoms with Crippen LogP contribution in [-0.4, -0.2) is 9.79 Å². The molecule has 0 saturated carbocycles. The molecule has 0 aromatic heterocycles. The van der Waals surface area contributed by atoms with Crippen molar-refractivity contribution in [3.05, 3.63) is 70.8 Å². The summed E-state index contributed by atoms with van der Waals surface area (Å²) in [5.41, 5.74) is 6.09. The predicted octanol–water partition coefficient (Wildman–Crippen LogP) is 6.21. The summed E-state index contributed by atoms with van der Waals surface area (Å²) in [7, 11) is -2.87. The van der Waals surface area contributed by atoms with E-state index in [0.29, 0.717) is 0 Å². The molecule has 0 unspecified atom stereocenters. The van der Waals surface area contributed by atoms with Gasteiger partial charge in [0.1, 0.15) is 0 Å². The van der Waals surface area contributed by atoms with Gasteiger partial charge in [0.2, 0.25) is 0 Å². The summed E-state index contributed by atoms with van der Waals surface area (Å²) in [5, 5.41) is 0. The third kappa shape index (κ3) is 11.1. The third-order valence-corrected chi connectivity index (χ3v) is 3.77. The van der Waals surface area contributed by atoms with Gasteiger partial charge < -0.3 is 0 Å². The van der Waals surface area contributed by atoms with Crippen molar-refractivity contribution < 1.29 is 14.4 Å². The molecule has 0 heterocycles. The Balaban J connectivity index is 0.000000401. The maximum atomic E-state index is 8.70. The van der Waals surface area contributed by atoms with E-state index in [2.05, 4.69) is 104 Å². The van der Waals surface area contributed by atoms with Crippen molar-refractivity contribution in [1.29, 1.82) is 0 Å². The number of hydrogen-bond donors (Lipinski definition) is 2. The Morgan fingerprint density at radius 1 is 0.692 bits per heavy atom. The lowest BCUT2D eigenvalue weighted by Crippen LogP contribution is -2.10. The minimum Gasteiger partial charge on any atom is -0.134 e. The molecule has 4 heteroatoms. The van der Waals surface area contributed by atoms with Gasteiger partial charge in [0.25, 0.3) is 0 Å². The molecule has 0 aliphatic rings. The van der Waals surface area contributed by atoms with Crippen LogP contribution in [0.2, 0.25) is 0 Å². The number of rotatable bonds is 0. The van der Waals surface area contributed by atoms with Gasteiger partial charge in [0, 0.05) is 4.57 Å². The SMILES string of the molecule is Cc1cccc(C(C)(C)C)c1.Cc1cccc(C(C)(C)C)c1.O=[P+](O)O. The highest BCUT2D eigenvalue weighted by Gasteiger charge is 2.13. The summed E-state index contributed by atoms with van der Waals surface area (Å²) in [4.78, 5) is 14.2. The monoisotopic (exact) mass is 377 g/mol. The molecule has 0 spiro atoms. The summed E-state index contributed by atoms with van der Waals surface area (Å²) in [6, 6.07) is 17.4. The van der Waals surface area contributed by atoms with Crippen LogP contribution in [0.1, 0.15) is 63.8 Å². The summed E-state index contributed by atoms with van der Waals surface area (Å²) >= 11 is 0. The standard InChI is InChI=1S/2C11H16.HO3P/c2*1-9-6-5-7-10(8-9)11(2,3)4;1-4(2)3/h2*5-8H,1-4H3;(H-,1,2,3)/p+1. The van der Waals surface area contributed by atoms with E-state index in [-0.39, 0.29) is 10.8 Å². The second-order valence-electron chi connectivity index (χ2n) is 8.49. The van der Waals surface area contributed by atoms with Gasteiger partial charge in [-0.3, -0.25) is 0 Å². The quantitative estimate of drug-likeness (QED) is 0.536. The summed E-state index contributed by atoms with van der Waals surface area (Å²) < 4.78 is 8.70. The zero-order chi connectivity index (χ0) is 20.5. The van der Waals surface area contributed by atoms with Gasteiger partial charge >= 0.3 is 8.25 Å². The fourth-order valence-electron chi connectivity index (χ4n) is 2.22. The van der Waals surface area contributed by atoms with Crippen LogP contribution in [0.3, 0.4) is 0 Å². The zero-order valence-corrected chi connectivity index (χ0v) is 18.3. The third-order valence-electron chi connectivity index (χ3n) is 3.77. The molecule has 2 aromatic carbocycles. The number of benzene rings is 2. The van der Waals surface area contributed by atoms with Crippen LogP contribution in [0.15, 0.2) is 48.5 Å². The molecule has 0 radical (unpaired) electrons. The molecule has 0 fully saturated rings. The van der Waals surface area contributed by atoms with Crippen molar-refractivity contribution in [3.63, 3.8) is 0 Å². The van der Waals surface area contributed by atoms with Crippen LogP contribution in [0, 0.1) is 13.8 Å². The molecule has 0 atom stereocenters. The average Bonchev–Trinajstić information content (AvgIpc) is 2.45. The van der Waals surface area contributed by atoms with Gasteiger partial charge in [0.15, 0.2) is 0 Å². The van der Waals surface area contributed by atoms with E-state index in [1.54, 1.807) is 0 Å². The van der Waals surface area contributed by atoms with E-state index in [0.717, 1.165) is 0 Å². The highest BCUT2D eigenvalue weighted by Crippen LogP contribution is 2.23. The minimum atomic E-state index is -2.87. The molecule has 2 rings (SSSR count). The van der Waals surface area contributed by atoms with Crippen molar-refractivity contribution in [2.75, 3.05) is 0 Å². The molecule has 0 aliphatic carbocycles. The Morgan fingerprint density at radius 2 is 0.962 bits per heavy atom. The van der Waals surface area contributed by atoms with Crippen molar-refractivity contribution in [1.82, 2.24) is 0 Å². The van der Waals surface area contributed by atoms with Crippen molar-refractivity contribution in [3.8, 4) is 0 Å². The van der Waals surface area contributed by atoms with Crippen molar-refractivity contribution in [2.45, 2.75) is 66.2 Å².